The van der Waals surface area contributed by atoms with E-state index in [0.717, 1.165) is 71.6 Å². The molecule has 0 N–H and O–H groups in total. The van der Waals surface area contributed by atoms with Crippen LogP contribution in [0.4, 0.5) is 0 Å². The summed E-state index contributed by atoms with van der Waals surface area (Å²) in [6.45, 7) is 42.8. The maximum absolute atomic E-state index is 6.81. The molecular weight excluding hydrogens is 1030 g/mol. The van der Waals surface area contributed by atoms with Crippen LogP contribution in [-0.2, 0) is 44.6 Å². The van der Waals surface area contributed by atoms with Crippen LogP contribution < -0.4 is 9.97 Å². The summed E-state index contributed by atoms with van der Waals surface area (Å²) in [5, 5.41) is 3.44. The summed E-state index contributed by atoms with van der Waals surface area (Å²) < 4.78 is 13.5. The maximum atomic E-state index is 6.81. The number of hydrogen-bond donors (Lipinski definition) is 0. The van der Waals surface area contributed by atoms with Crippen LogP contribution in [0, 0.1) is 24.2 Å². The summed E-state index contributed by atoms with van der Waals surface area (Å²) in [6, 6.07) is 25.4. The molecule has 5 heterocycles. The largest absolute Gasteiger partial charge is 2.00 e. The van der Waals surface area contributed by atoms with E-state index >= 15 is 0 Å². The van der Waals surface area contributed by atoms with Crippen molar-refractivity contribution in [2.75, 3.05) is 13.2 Å². The van der Waals surface area contributed by atoms with Gasteiger partial charge in [-0.05, 0) is 121 Å². The molecule has 392 valence electrons. The van der Waals surface area contributed by atoms with Crippen molar-refractivity contribution in [3.63, 3.8) is 0 Å². The van der Waals surface area contributed by atoms with Gasteiger partial charge in [0, 0.05) is 61.6 Å². The van der Waals surface area contributed by atoms with Crippen molar-refractivity contribution < 1.29 is 28.3 Å². The molecule has 9 rings (SSSR count). The molecule has 2 aliphatic rings. The van der Waals surface area contributed by atoms with Gasteiger partial charge in [0.05, 0.1) is 36.5 Å². The van der Waals surface area contributed by atoms with Gasteiger partial charge >= 0.3 is 19.5 Å². The smallest absolute Gasteiger partial charge is 0.412 e. The number of rotatable bonds is 6. The minimum Gasteiger partial charge on any atom is -0.412 e. The molecule has 13 heteroatoms. The van der Waals surface area contributed by atoms with Gasteiger partial charge < -0.3 is 38.8 Å². The van der Waals surface area contributed by atoms with Crippen molar-refractivity contribution in [3.05, 3.63) is 106 Å². The summed E-state index contributed by atoms with van der Waals surface area (Å²) in [6.07, 6.45) is 6.32. The Kier molecular flexibility index (Phi) is 14.9. The zero-order valence-electron chi connectivity index (χ0n) is 49.0. The predicted octanol–water partition coefficient (Wildman–Crippen LogP) is 15.3. The number of hydrogen-bond acceptors (Lipinski definition) is 8. The van der Waals surface area contributed by atoms with Crippen LogP contribution in [0.25, 0.3) is 89.7 Å². The fourth-order valence-electron chi connectivity index (χ4n) is 8.64. The zero-order chi connectivity index (χ0) is 55.3. The summed E-state index contributed by atoms with van der Waals surface area (Å²) in [5.41, 5.74) is 10.6. The van der Waals surface area contributed by atoms with Gasteiger partial charge in [-0.25, -0.2) is 9.97 Å². The first kappa shape index (κ1) is 57.3. The monoisotopic (exact) mass is 1110 g/mol. The molecule has 0 saturated heterocycles. The van der Waals surface area contributed by atoms with Crippen molar-refractivity contribution >= 4 is 60.8 Å². The Morgan fingerprint density at radius 2 is 0.818 bits per heavy atom. The molecule has 3 aromatic heterocycles. The predicted molar refractivity (Wildman–Crippen MR) is 319 cm³/mol. The molecule has 0 saturated carbocycles. The third-order valence-corrected chi connectivity index (χ3v) is 24.9. The van der Waals surface area contributed by atoms with E-state index in [1.54, 1.807) is 0 Å². The Hall–Kier alpha value is -5.92. The third kappa shape index (κ3) is 11.4. The molecule has 7 aromatic rings. The zero-order valence-corrected chi connectivity index (χ0v) is 54.0. The molecule has 0 spiro atoms. The molecule has 0 radical (unpaired) electrons. The SMILES string of the molecule is C#C/C(CO[Si](C)(C)C(C)(C)C)=C(/C#Cc1ccc2c(c1)-c1nc-2nc2[n-]c(nc3nc(nc4[n-]c(n1)c1cc(C(C)(C)C)ccc41)-c1cc(C(C)(C)C)ccc1-3)c1ccc(C(C)(C)C)cc21)CO[Si](C)(C)C(C)(C)C.[Zn+2]. The molecule has 0 fully saturated rings. The Balaban J connectivity index is 0.00000784. The van der Waals surface area contributed by atoms with Gasteiger partial charge in [0.1, 0.15) is 0 Å². The van der Waals surface area contributed by atoms with Crippen LogP contribution in [0.3, 0.4) is 0 Å². The van der Waals surface area contributed by atoms with Crippen molar-refractivity contribution in [2.24, 2.45) is 0 Å². The van der Waals surface area contributed by atoms with E-state index in [2.05, 4.69) is 202 Å². The molecule has 8 bridgehead atoms. The van der Waals surface area contributed by atoms with E-state index in [0.29, 0.717) is 51.5 Å². The Morgan fingerprint density at radius 3 is 1.23 bits per heavy atom. The van der Waals surface area contributed by atoms with Gasteiger partial charge in [-0.15, -0.1) is 6.42 Å². The second kappa shape index (κ2) is 20.1. The molecule has 0 aliphatic carbocycles. The Bertz CT molecular complexity index is 3830. The average molecular weight is 1110 g/mol. The first-order valence-corrected chi connectivity index (χ1v) is 32.3. The fraction of sp³-hybridized carbons (Fsp3) is 0.406. The van der Waals surface area contributed by atoms with E-state index < -0.39 is 16.6 Å². The van der Waals surface area contributed by atoms with Crippen LogP contribution in [-0.4, -0.2) is 59.8 Å². The van der Waals surface area contributed by atoms with Crippen LogP contribution in [0.5, 0.6) is 0 Å². The van der Waals surface area contributed by atoms with Crippen molar-refractivity contribution in [2.45, 2.75) is 156 Å². The van der Waals surface area contributed by atoms with Crippen LogP contribution >= 0.6 is 0 Å². The topological polar surface area (TPSA) is 124 Å². The maximum Gasteiger partial charge on any atom is 2.00 e. The molecular formula is C64H74N8O2Si2Zn. The molecule has 0 atom stereocenters. The summed E-state index contributed by atoms with van der Waals surface area (Å²) in [4.78, 5) is 42.2. The first-order chi connectivity index (χ1) is 35.2. The second-order valence-electron chi connectivity index (χ2n) is 26.7. The molecule has 10 nitrogen and oxygen atoms in total. The van der Waals surface area contributed by atoms with Gasteiger partial charge in [-0.1, -0.05) is 164 Å². The number of benzene rings is 4. The van der Waals surface area contributed by atoms with Gasteiger partial charge in [0.25, 0.3) is 0 Å². The summed E-state index contributed by atoms with van der Waals surface area (Å²) in [5.74, 6) is 11.9. The Labute approximate surface area is 471 Å². The number of nitrogens with zero attached hydrogens (tertiary/aromatic N) is 8. The van der Waals surface area contributed by atoms with E-state index in [9.17, 15) is 0 Å². The van der Waals surface area contributed by atoms with Gasteiger partial charge in [0.2, 0.25) is 0 Å². The van der Waals surface area contributed by atoms with Crippen LogP contribution in [0.15, 0.2) is 83.9 Å². The quantitative estimate of drug-likeness (QED) is 0.117. The van der Waals surface area contributed by atoms with E-state index in [4.69, 9.17) is 55.1 Å². The normalized spacial score (nSPS) is 13.6. The minimum absolute atomic E-state index is 0. The minimum atomic E-state index is -2.19. The van der Waals surface area contributed by atoms with Crippen LogP contribution in [0.1, 0.15) is 126 Å². The van der Waals surface area contributed by atoms with E-state index in [-0.39, 0.29) is 59.0 Å². The molecule has 4 aromatic carbocycles. The standard InChI is InChI=1S/C64H74N8O2Si2.Zn/c1-21-39(36-73-75(17,18)63(11,12)13)40(37-74-76(19,20)64(14,15)16)24-22-38-23-28-44-48(32-38)56-66-52(44)67-57-49-33-41(60(2,3)4)25-29-45(49)53(68-57)65-54-46-30-26-42(61(5,6)7)34-50(46)58(69-54)70-55-47-31-27-43(62(8,9)10)35-51(47)59(71-55)72-56;/h1,23,25-35H,36-37H2,2-20H3;/q-2;+2/b40-39+;. The average Bonchev–Trinajstić information content (AvgIpc) is 4.08. The second-order valence-corrected chi connectivity index (χ2v) is 36.3. The number of aromatic nitrogens is 8. The summed E-state index contributed by atoms with van der Waals surface area (Å²) >= 11 is 0. The molecule has 0 unspecified atom stereocenters. The fourth-order valence-corrected chi connectivity index (χ4v) is 10.5. The number of terminal acetylenes is 1. The number of fused-ring (bicyclic) bond motifs is 20. The first-order valence-electron chi connectivity index (χ1n) is 26.5. The van der Waals surface area contributed by atoms with Crippen molar-refractivity contribution in [1.29, 1.82) is 0 Å². The van der Waals surface area contributed by atoms with Gasteiger partial charge in [-0.3, -0.25) is 0 Å². The van der Waals surface area contributed by atoms with Crippen molar-refractivity contribution in [1.82, 2.24) is 39.9 Å². The Morgan fingerprint density at radius 1 is 0.455 bits per heavy atom. The molecule has 2 aliphatic heterocycles. The van der Waals surface area contributed by atoms with Gasteiger partial charge in [-0.2, -0.15) is 0 Å². The van der Waals surface area contributed by atoms with Crippen LogP contribution in [0.2, 0.25) is 36.3 Å². The molecule has 0 amide bonds. The van der Waals surface area contributed by atoms with Gasteiger partial charge in [0.15, 0.2) is 16.6 Å². The van der Waals surface area contributed by atoms with Crippen molar-refractivity contribution in [3.8, 4) is 69.7 Å². The van der Waals surface area contributed by atoms with E-state index in [1.807, 2.05) is 18.2 Å². The van der Waals surface area contributed by atoms with E-state index in [1.165, 1.54) is 0 Å². The summed E-state index contributed by atoms with van der Waals surface area (Å²) in [7, 11) is -4.34. The third-order valence-electron chi connectivity index (χ3n) is 16.0. The molecule has 77 heavy (non-hydrogen) atoms.